The Morgan fingerprint density at radius 2 is 2.22 bits per heavy atom. The van der Waals surface area contributed by atoms with E-state index in [1.54, 1.807) is 22.9 Å². The summed E-state index contributed by atoms with van der Waals surface area (Å²) in [5, 5.41) is 10.2. The first-order valence-electron chi connectivity index (χ1n) is 7.48. The van der Waals surface area contributed by atoms with Gasteiger partial charge in [-0.15, -0.1) is 11.8 Å². The van der Waals surface area contributed by atoms with Gasteiger partial charge < -0.3 is 4.90 Å². The molecule has 1 unspecified atom stereocenters. The highest BCUT2D eigenvalue weighted by Gasteiger charge is 2.13. The molecule has 4 heteroatoms. The van der Waals surface area contributed by atoms with E-state index in [4.69, 9.17) is 11.6 Å². The van der Waals surface area contributed by atoms with Gasteiger partial charge in [0.05, 0.1) is 0 Å². The smallest absolute Gasteiger partial charge is 0.133 e. The molecule has 0 spiro atoms. The largest absolute Gasteiger partial charge is 0.315 e. The summed E-state index contributed by atoms with van der Waals surface area (Å²) < 4.78 is 0. The molecule has 0 saturated heterocycles. The molecule has 0 fully saturated rings. The van der Waals surface area contributed by atoms with Crippen molar-refractivity contribution >= 4 is 23.4 Å². The van der Waals surface area contributed by atoms with Gasteiger partial charge in [-0.2, -0.15) is 5.26 Å². The summed E-state index contributed by atoms with van der Waals surface area (Å²) in [5.41, 5.74) is 2.91. The van der Waals surface area contributed by atoms with Crippen LogP contribution in [0, 0.1) is 18.3 Å². The van der Waals surface area contributed by atoms with Gasteiger partial charge in [0.1, 0.15) is 11.8 Å². The Bertz CT molecular complexity index is 656. The zero-order valence-electron chi connectivity index (χ0n) is 14.1. The monoisotopic (exact) mass is 346 g/mol. The maximum atomic E-state index is 9.42. The van der Waals surface area contributed by atoms with Crippen LogP contribution in [0.1, 0.15) is 37.8 Å². The number of rotatable bonds is 7. The van der Waals surface area contributed by atoms with Crippen LogP contribution in [0.4, 0.5) is 0 Å². The molecule has 122 valence electrons. The lowest BCUT2D eigenvalue weighted by Crippen LogP contribution is -2.09. The highest BCUT2D eigenvalue weighted by molar-refractivity contribution is 8.03. The van der Waals surface area contributed by atoms with Crippen LogP contribution in [0.3, 0.4) is 0 Å². The van der Waals surface area contributed by atoms with Crippen molar-refractivity contribution in [1.82, 2.24) is 4.90 Å². The molecule has 0 aliphatic heterocycles. The molecule has 0 aromatic heterocycles. The van der Waals surface area contributed by atoms with E-state index in [0.717, 1.165) is 26.8 Å². The van der Waals surface area contributed by atoms with Gasteiger partial charge in [0.15, 0.2) is 0 Å². The molecule has 0 aliphatic rings. The topological polar surface area (TPSA) is 27.0 Å². The third kappa shape index (κ3) is 5.49. The van der Waals surface area contributed by atoms with Gasteiger partial charge >= 0.3 is 0 Å². The maximum absolute atomic E-state index is 9.42. The Labute approximate surface area is 149 Å². The Kier molecular flexibility index (Phi) is 8.02. The van der Waals surface area contributed by atoms with Gasteiger partial charge in [0, 0.05) is 28.1 Å². The van der Waals surface area contributed by atoms with Crippen molar-refractivity contribution in [1.29, 1.82) is 5.26 Å². The van der Waals surface area contributed by atoms with E-state index >= 15 is 0 Å². The predicted molar refractivity (Wildman–Crippen MR) is 102 cm³/mol. The third-order valence-electron chi connectivity index (χ3n) is 3.44. The predicted octanol–water partition coefficient (Wildman–Crippen LogP) is 6.22. The molecule has 0 radical (unpaired) electrons. The summed E-state index contributed by atoms with van der Waals surface area (Å²) in [6, 6.07) is 8.42. The van der Waals surface area contributed by atoms with Crippen molar-refractivity contribution in [3.8, 4) is 6.07 Å². The highest BCUT2D eigenvalue weighted by atomic mass is 35.5. The Morgan fingerprint density at radius 3 is 2.74 bits per heavy atom. The number of benzene rings is 1. The van der Waals surface area contributed by atoms with E-state index in [-0.39, 0.29) is 0 Å². The number of thioether (sulfide) groups is 1. The molecule has 1 aromatic carbocycles. The second-order valence-corrected chi connectivity index (χ2v) is 6.97. The summed E-state index contributed by atoms with van der Waals surface area (Å²) in [5.74, 6) is 1.17. The SMILES string of the molecule is C=CN(/C=C\C)/C(C#N)=C(/C)SCC(C)c1ccc(C)cc1Cl. The number of nitrogens with zero attached hydrogens (tertiary/aromatic N) is 2. The lowest BCUT2D eigenvalue weighted by molar-refractivity contribution is 0.653. The van der Waals surface area contributed by atoms with Gasteiger partial charge in [0.25, 0.3) is 0 Å². The van der Waals surface area contributed by atoms with Crippen LogP contribution in [0.15, 0.2) is 53.9 Å². The van der Waals surface area contributed by atoms with E-state index in [2.05, 4.69) is 31.7 Å². The van der Waals surface area contributed by atoms with Crippen molar-refractivity contribution in [2.75, 3.05) is 5.75 Å². The van der Waals surface area contributed by atoms with Crippen LogP contribution in [0.5, 0.6) is 0 Å². The van der Waals surface area contributed by atoms with Gasteiger partial charge in [-0.3, -0.25) is 0 Å². The molecule has 2 nitrogen and oxygen atoms in total. The second kappa shape index (κ2) is 9.50. The fourth-order valence-electron chi connectivity index (χ4n) is 2.15. The number of hydrogen-bond acceptors (Lipinski definition) is 3. The molecular formula is C19H23ClN2S. The summed E-state index contributed by atoms with van der Waals surface area (Å²) >= 11 is 8.01. The Morgan fingerprint density at radius 1 is 1.52 bits per heavy atom. The van der Waals surface area contributed by atoms with Gasteiger partial charge in [-0.1, -0.05) is 43.3 Å². The minimum Gasteiger partial charge on any atom is -0.315 e. The van der Waals surface area contributed by atoms with Crippen LogP contribution in [-0.2, 0) is 0 Å². The van der Waals surface area contributed by atoms with Crippen molar-refractivity contribution in [3.05, 3.63) is 70.0 Å². The van der Waals surface area contributed by atoms with Crippen LogP contribution in [0.25, 0.3) is 0 Å². The summed E-state index contributed by atoms with van der Waals surface area (Å²) in [7, 11) is 0. The molecule has 0 N–H and O–H groups in total. The molecule has 0 bridgehead atoms. The van der Waals surface area contributed by atoms with E-state index in [0.29, 0.717) is 11.6 Å². The normalized spacial score (nSPS) is 13.4. The fourth-order valence-corrected chi connectivity index (χ4v) is 3.53. The van der Waals surface area contributed by atoms with Crippen molar-refractivity contribution in [2.45, 2.75) is 33.6 Å². The number of allylic oxidation sites excluding steroid dienone is 3. The van der Waals surface area contributed by atoms with E-state index in [1.165, 1.54) is 0 Å². The number of hydrogen-bond donors (Lipinski definition) is 0. The average Bonchev–Trinajstić information content (AvgIpc) is 2.52. The molecule has 0 heterocycles. The lowest BCUT2D eigenvalue weighted by atomic mass is 10.0. The molecule has 1 aromatic rings. The zero-order chi connectivity index (χ0) is 17.4. The Hall–Kier alpha value is -1.63. The average molecular weight is 347 g/mol. The quantitative estimate of drug-likeness (QED) is 0.548. The molecule has 0 aliphatic carbocycles. The Balaban J connectivity index is 2.88. The van der Waals surface area contributed by atoms with Crippen molar-refractivity contribution in [3.63, 3.8) is 0 Å². The second-order valence-electron chi connectivity index (χ2n) is 5.33. The molecule has 0 amide bonds. The number of aryl methyl sites for hydroxylation is 1. The first-order valence-corrected chi connectivity index (χ1v) is 8.84. The zero-order valence-corrected chi connectivity index (χ0v) is 15.7. The molecule has 1 atom stereocenters. The third-order valence-corrected chi connectivity index (χ3v) is 5.06. The molecule has 0 saturated carbocycles. The lowest BCUT2D eigenvalue weighted by Gasteiger charge is -2.18. The summed E-state index contributed by atoms with van der Waals surface area (Å²) in [4.78, 5) is 2.71. The molecular weight excluding hydrogens is 324 g/mol. The maximum Gasteiger partial charge on any atom is 0.133 e. The fraction of sp³-hybridized carbons (Fsp3) is 0.316. The van der Waals surface area contributed by atoms with Gasteiger partial charge in [-0.25, -0.2) is 0 Å². The summed E-state index contributed by atoms with van der Waals surface area (Å²) in [6.45, 7) is 11.8. The van der Waals surface area contributed by atoms with Crippen LogP contribution >= 0.6 is 23.4 Å². The van der Waals surface area contributed by atoms with E-state index < -0.39 is 0 Å². The number of halogens is 1. The highest BCUT2D eigenvalue weighted by Crippen LogP contribution is 2.31. The minimum atomic E-state index is 0.307. The van der Waals surface area contributed by atoms with E-state index in [1.807, 2.05) is 39.1 Å². The first-order chi connectivity index (χ1) is 10.9. The minimum absolute atomic E-state index is 0.307. The van der Waals surface area contributed by atoms with Crippen LogP contribution < -0.4 is 0 Å². The van der Waals surface area contributed by atoms with Crippen molar-refractivity contribution < 1.29 is 0 Å². The number of nitriles is 1. The first kappa shape index (κ1) is 19.4. The molecule has 23 heavy (non-hydrogen) atoms. The van der Waals surface area contributed by atoms with Gasteiger partial charge in [0.2, 0.25) is 0 Å². The van der Waals surface area contributed by atoms with Gasteiger partial charge in [-0.05, 0) is 43.9 Å². The standard InChI is InChI=1S/C19H23ClN2S/c1-6-10-22(7-2)19(12-21)16(5)23-13-15(4)17-9-8-14(3)11-18(17)20/h6-11,15H,2,13H2,1,3-5H3/b10-6-,19-16-. The summed E-state index contributed by atoms with van der Waals surface area (Å²) in [6.07, 6.45) is 5.35. The van der Waals surface area contributed by atoms with Crippen LogP contribution in [-0.4, -0.2) is 10.7 Å². The van der Waals surface area contributed by atoms with E-state index in [9.17, 15) is 5.26 Å². The van der Waals surface area contributed by atoms with Crippen molar-refractivity contribution in [2.24, 2.45) is 0 Å². The van der Waals surface area contributed by atoms with Crippen LogP contribution in [0.2, 0.25) is 5.02 Å². The molecule has 1 rings (SSSR count).